The average Bonchev–Trinajstić information content (AvgIpc) is 3.15. The molecule has 3 rings (SSSR count). The SMILES string of the molecule is CN(Cc1ccc(-c2c(F)cccc2S(N)(=O)=O)cc1)C(=O)C1CCCC1. The van der Waals surface area contributed by atoms with Crippen molar-refractivity contribution < 1.29 is 17.6 Å². The maximum absolute atomic E-state index is 14.3. The van der Waals surface area contributed by atoms with Gasteiger partial charge in [-0.3, -0.25) is 4.79 Å². The van der Waals surface area contributed by atoms with E-state index in [-0.39, 0.29) is 22.3 Å². The fourth-order valence-corrected chi connectivity index (χ4v) is 4.40. The number of halogens is 1. The molecule has 144 valence electrons. The minimum atomic E-state index is -4.05. The quantitative estimate of drug-likeness (QED) is 0.851. The number of carbonyl (C=O) groups excluding carboxylic acids is 1. The van der Waals surface area contributed by atoms with Crippen LogP contribution in [0.25, 0.3) is 11.1 Å². The maximum atomic E-state index is 14.3. The van der Waals surface area contributed by atoms with Crippen molar-refractivity contribution in [3.63, 3.8) is 0 Å². The Morgan fingerprint density at radius 3 is 2.37 bits per heavy atom. The number of carbonyl (C=O) groups is 1. The topological polar surface area (TPSA) is 80.5 Å². The van der Waals surface area contributed by atoms with Crippen LogP contribution >= 0.6 is 0 Å². The van der Waals surface area contributed by atoms with Gasteiger partial charge in [0.2, 0.25) is 15.9 Å². The molecule has 0 aliphatic heterocycles. The number of hydrogen-bond donors (Lipinski definition) is 1. The van der Waals surface area contributed by atoms with Crippen molar-refractivity contribution in [3.05, 3.63) is 53.8 Å². The molecule has 1 aliphatic carbocycles. The summed E-state index contributed by atoms with van der Waals surface area (Å²) in [6.07, 6.45) is 4.11. The Kier molecular flexibility index (Phi) is 5.62. The Bertz CT molecular complexity index is 936. The zero-order valence-corrected chi connectivity index (χ0v) is 16.0. The van der Waals surface area contributed by atoms with Gasteiger partial charge < -0.3 is 4.90 Å². The molecule has 0 unspecified atom stereocenters. The summed E-state index contributed by atoms with van der Waals surface area (Å²) >= 11 is 0. The first-order valence-electron chi connectivity index (χ1n) is 8.93. The van der Waals surface area contributed by atoms with Crippen LogP contribution in [0.3, 0.4) is 0 Å². The lowest BCUT2D eigenvalue weighted by atomic mass is 10.0. The second-order valence-corrected chi connectivity index (χ2v) is 8.56. The second-order valence-electron chi connectivity index (χ2n) is 7.03. The third-order valence-corrected chi connectivity index (χ3v) is 5.98. The van der Waals surface area contributed by atoms with Gasteiger partial charge in [0.25, 0.3) is 0 Å². The van der Waals surface area contributed by atoms with Gasteiger partial charge in [-0.1, -0.05) is 43.2 Å². The number of primary sulfonamides is 1. The minimum Gasteiger partial charge on any atom is -0.341 e. The van der Waals surface area contributed by atoms with Crippen LogP contribution in [-0.2, 0) is 21.4 Å². The van der Waals surface area contributed by atoms with Crippen LogP contribution in [0.5, 0.6) is 0 Å². The normalized spacial score (nSPS) is 15.1. The van der Waals surface area contributed by atoms with Gasteiger partial charge in [0.05, 0.1) is 4.90 Å². The number of hydrogen-bond acceptors (Lipinski definition) is 3. The van der Waals surface area contributed by atoms with Gasteiger partial charge in [0.1, 0.15) is 5.82 Å². The van der Waals surface area contributed by atoms with Crippen molar-refractivity contribution in [1.29, 1.82) is 0 Å². The van der Waals surface area contributed by atoms with Gasteiger partial charge in [-0.2, -0.15) is 0 Å². The van der Waals surface area contributed by atoms with Gasteiger partial charge in [0.15, 0.2) is 0 Å². The second kappa shape index (κ2) is 7.78. The predicted molar refractivity (Wildman–Crippen MR) is 102 cm³/mol. The van der Waals surface area contributed by atoms with E-state index in [1.54, 1.807) is 36.2 Å². The van der Waals surface area contributed by atoms with E-state index < -0.39 is 15.8 Å². The first kappa shape index (κ1) is 19.5. The van der Waals surface area contributed by atoms with Crippen molar-refractivity contribution in [2.75, 3.05) is 7.05 Å². The van der Waals surface area contributed by atoms with Gasteiger partial charge in [-0.15, -0.1) is 0 Å². The van der Waals surface area contributed by atoms with Crippen LogP contribution in [0.4, 0.5) is 4.39 Å². The summed E-state index contributed by atoms with van der Waals surface area (Å²) in [6, 6.07) is 10.6. The summed E-state index contributed by atoms with van der Waals surface area (Å²) < 4.78 is 37.8. The molecule has 1 saturated carbocycles. The average molecular weight is 390 g/mol. The first-order valence-corrected chi connectivity index (χ1v) is 10.5. The van der Waals surface area contributed by atoms with E-state index in [0.29, 0.717) is 12.1 Å². The van der Waals surface area contributed by atoms with Crippen molar-refractivity contribution in [2.45, 2.75) is 37.1 Å². The summed E-state index contributed by atoms with van der Waals surface area (Å²) in [6.45, 7) is 0.453. The van der Waals surface area contributed by atoms with Crippen LogP contribution in [0.1, 0.15) is 31.2 Å². The fraction of sp³-hybridized carbons (Fsp3) is 0.350. The molecule has 27 heavy (non-hydrogen) atoms. The molecule has 0 spiro atoms. The summed E-state index contributed by atoms with van der Waals surface area (Å²) in [7, 11) is -2.26. The third kappa shape index (κ3) is 4.36. The highest BCUT2D eigenvalue weighted by Crippen LogP contribution is 2.30. The fourth-order valence-electron chi connectivity index (χ4n) is 3.63. The third-order valence-electron chi connectivity index (χ3n) is 5.02. The molecular weight excluding hydrogens is 367 g/mol. The first-order chi connectivity index (χ1) is 12.8. The van der Waals surface area contributed by atoms with E-state index >= 15 is 0 Å². The largest absolute Gasteiger partial charge is 0.341 e. The van der Waals surface area contributed by atoms with Crippen LogP contribution in [-0.4, -0.2) is 26.3 Å². The molecule has 0 saturated heterocycles. The van der Waals surface area contributed by atoms with Gasteiger partial charge in [0, 0.05) is 25.1 Å². The van der Waals surface area contributed by atoms with Crippen LogP contribution < -0.4 is 5.14 Å². The van der Waals surface area contributed by atoms with Crippen LogP contribution in [0.15, 0.2) is 47.4 Å². The smallest absolute Gasteiger partial charge is 0.238 e. The molecule has 2 N–H and O–H groups in total. The Labute approximate surface area is 159 Å². The molecule has 0 radical (unpaired) electrons. The van der Waals surface area contributed by atoms with Crippen LogP contribution in [0, 0.1) is 11.7 Å². The monoisotopic (exact) mass is 390 g/mol. The van der Waals surface area contributed by atoms with Crippen molar-refractivity contribution in [2.24, 2.45) is 11.1 Å². The molecule has 5 nitrogen and oxygen atoms in total. The lowest BCUT2D eigenvalue weighted by Gasteiger charge is -2.21. The molecule has 7 heteroatoms. The molecule has 0 bridgehead atoms. The molecule has 0 heterocycles. The number of sulfonamides is 1. The summed E-state index contributed by atoms with van der Waals surface area (Å²) in [5, 5.41) is 5.21. The molecular formula is C20H23FN2O3S. The Hall–Kier alpha value is -2.25. The van der Waals surface area contributed by atoms with E-state index in [1.807, 2.05) is 0 Å². The number of rotatable bonds is 5. The molecule has 0 aromatic heterocycles. The van der Waals surface area contributed by atoms with E-state index in [1.165, 1.54) is 18.2 Å². The van der Waals surface area contributed by atoms with E-state index in [4.69, 9.17) is 5.14 Å². The lowest BCUT2D eigenvalue weighted by Crippen LogP contribution is -2.31. The van der Waals surface area contributed by atoms with E-state index in [2.05, 4.69) is 0 Å². The summed E-state index contributed by atoms with van der Waals surface area (Å²) in [5.41, 5.74) is 1.27. The maximum Gasteiger partial charge on any atom is 0.238 e. The summed E-state index contributed by atoms with van der Waals surface area (Å²) in [5.74, 6) is -0.380. The van der Waals surface area contributed by atoms with Crippen molar-refractivity contribution in [1.82, 2.24) is 4.90 Å². The van der Waals surface area contributed by atoms with Gasteiger partial charge in [-0.25, -0.2) is 17.9 Å². The molecule has 1 amide bonds. The highest BCUT2D eigenvalue weighted by Gasteiger charge is 2.25. The zero-order chi connectivity index (χ0) is 19.6. The molecule has 2 aromatic rings. The number of nitrogens with two attached hydrogens (primary N) is 1. The standard InChI is InChI=1S/C20H23FN2O3S/c1-23(20(24)16-5-2-3-6-16)13-14-9-11-15(12-10-14)19-17(21)7-4-8-18(19)27(22,25)26/h4,7-12,16H,2-3,5-6,13H2,1H3,(H2,22,25,26). The Morgan fingerprint density at radius 2 is 1.78 bits per heavy atom. The lowest BCUT2D eigenvalue weighted by molar-refractivity contribution is -0.134. The predicted octanol–water partition coefficient (Wildman–Crippen LogP) is 3.29. The highest BCUT2D eigenvalue weighted by molar-refractivity contribution is 7.89. The molecule has 0 atom stereocenters. The minimum absolute atomic E-state index is 0.0399. The molecule has 1 aliphatic rings. The van der Waals surface area contributed by atoms with Crippen molar-refractivity contribution in [3.8, 4) is 11.1 Å². The molecule has 2 aromatic carbocycles. The Balaban J connectivity index is 1.81. The summed E-state index contributed by atoms with van der Waals surface area (Å²) in [4.78, 5) is 13.9. The molecule has 1 fully saturated rings. The van der Waals surface area contributed by atoms with Gasteiger partial charge >= 0.3 is 0 Å². The number of nitrogens with zero attached hydrogens (tertiary/aromatic N) is 1. The van der Waals surface area contributed by atoms with E-state index in [0.717, 1.165) is 31.2 Å². The van der Waals surface area contributed by atoms with Gasteiger partial charge in [-0.05, 0) is 36.1 Å². The van der Waals surface area contributed by atoms with Crippen molar-refractivity contribution >= 4 is 15.9 Å². The van der Waals surface area contributed by atoms with E-state index in [9.17, 15) is 17.6 Å². The number of benzene rings is 2. The zero-order valence-electron chi connectivity index (χ0n) is 15.2. The van der Waals surface area contributed by atoms with Crippen LogP contribution in [0.2, 0.25) is 0 Å². The Morgan fingerprint density at radius 1 is 1.15 bits per heavy atom. The number of amides is 1. The highest BCUT2D eigenvalue weighted by atomic mass is 32.2.